The van der Waals surface area contributed by atoms with Crippen LogP contribution >= 0.6 is 0 Å². The van der Waals surface area contributed by atoms with E-state index in [4.69, 9.17) is 4.42 Å². The summed E-state index contributed by atoms with van der Waals surface area (Å²) in [5.74, 6) is 1.32. The summed E-state index contributed by atoms with van der Waals surface area (Å²) in [5, 5.41) is 2.98. The van der Waals surface area contributed by atoms with Crippen molar-refractivity contribution in [3.8, 4) is 11.3 Å². The highest BCUT2D eigenvalue weighted by Crippen LogP contribution is 2.20. The molecule has 2 aromatic carbocycles. The number of benzene rings is 2. The smallest absolute Gasteiger partial charge is 0.238 e. The van der Waals surface area contributed by atoms with Crippen LogP contribution in [0.1, 0.15) is 24.8 Å². The van der Waals surface area contributed by atoms with E-state index in [9.17, 15) is 4.79 Å². The number of nitrogens with zero attached hydrogens (tertiary/aromatic N) is 2. The number of hydrogen-bond donors (Lipinski definition) is 1. The SMILES string of the molecule is CCCN(CC(=O)Nc1ccccc1C)Cc1ncc(-c2ccccc2)o1. The summed E-state index contributed by atoms with van der Waals surface area (Å²) < 4.78 is 5.88. The molecule has 0 saturated heterocycles. The predicted molar refractivity (Wildman–Crippen MR) is 107 cm³/mol. The third-order valence-electron chi connectivity index (χ3n) is 4.30. The van der Waals surface area contributed by atoms with Gasteiger partial charge in [-0.3, -0.25) is 9.69 Å². The summed E-state index contributed by atoms with van der Waals surface area (Å²) in [6.07, 6.45) is 2.69. The second-order valence-electron chi connectivity index (χ2n) is 6.56. The minimum absolute atomic E-state index is 0.0346. The number of aryl methyl sites for hydroxylation is 1. The van der Waals surface area contributed by atoms with E-state index in [2.05, 4.69) is 17.2 Å². The molecule has 1 amide bonds. The summed E-state index contributed by atoms with van der Waals surface area (Å²) in [6.45, 7) is 5.67. The van der Waals surface area contributed by atoms with Crippen molar-refractivity contribution in [2.24, 2.45) is 0 Å². The maximum atomic E-state index is 12.5. The zero-order chi connectivity index (χ0) is 19.1. The molecular formula is C22H25N3O2. The summed E-state index contributed by atoms with van der Waals surface area (Å²) in [5.41, 5.74) is 2.89. The fourth-order valence-corrected chi connectivity index (χ4v) is 2.95. The minimum atomic E-state index is -0.0346. The Morgan fingerprint density at radius 2 is 1.85 bits per heavy atom. The molecule has 5 heteroatoms. The summed E-state index contributed by atoms with van der Waals surface area (Å²) >= 11 is 0. The number of carbonyl (C=O) groups excluding carboxylic acids is 1. The molecule has 27 heavy (non-hydrogen) atoms. The maximum absolute atomic E-state index is 12.5. The molecule has 0 spiro atoms. The molecule has 0 fully saturated rings. The van der Waals surface area contributed by atoms with E-state index in [1.54, 1.807) is 6.20 Å². The van der Waals surface area contributed by atoms with Crippen molar-refractivity contribution in [2.75, 3.05) is 18.4 Å². The Hall–Kier alpha value is -2.92. The molecule has 1 heterocycles. The van der Waals surface area contributed by atoms with Gasteiger partial charge >= 0.3 is 0 Å². The van der Waals surface area contributed by atoms with Crippen molar-refractivity contribution in [1.29, 1.82) is 0 Å². The average Bonchev–Trinajstić information content (AvgIpc) is 3.13. The van der Waals surface area contributed by atoms with Gasteiger partial charge in [0.2, 0.25) is 11.8 Å². The highest BCUT2D eigenvalue weighted by Gasteiger charge is 2.15. The number of nitrogens with one attached hydrogen (secondary N) is 1. The Morgan fingerprint density at radius 1 is 1.11 bits per heavy atom. The Morgan fingerprint density at radius 3 is 2.59 bits per heavy atom. The standard InChI is InChI=1S/C22H25N3O2/c1-3-13-25(15-21(26)24-19-12-8-7-9-17(19)2)16-22-23-14-20(27-22)18-10-5-4-6-11-18/h4-12,14H,3,13,15-16H2,1-2H3,(H,24,26). The molecule has 0 aliphatic carbocycles. The fraction of sp³-hybridized carbons (Fsp3) is 0.273. The van der Waals surface area contributed by atoms with E-state index in [0.717, 1.165) is 35.5 Å². The van der Waals surface area contributed by atoms with Crippen LogP contribution in [-0.4, -0.2) is 28.9 Å². The first-order valence-electron chi connectivity index (χ1n) is 9.23. The number of oxazole rings is 1. The van der Waals surface area contributed by atoms with E-state index in [-0.39, 0.29) is 5.91 Å². The molecule has 3 aromatic rings. The lowest BCUT2D eigenvalue weighted by Gasteiger charge is -2.19. The van der Waals surface area contributed by atoms with Crippen molar-refractivity contribution in [3.63, 3.8) is 0 Å². The van der Waals surface area contributed by atoms with Gasteiger partial charge in [-0.15, -0.1) is 0 Å². The summed E-state index contributed by atoms with van der Waals surface area (Å²) in [7, 11) is 0. The minimum Gasteiger partial charge on any atom is -0.439 e. The van der Waals surface area contributed by atoms with Crippen molar-refractivity contribution < 1.29 is 9.21 Å². The molecule has 5 nitrogen and oxygen atoms in total. The van der Waals surface area contributed by atoms with Crippen LogP contribution in [0.2, 0.25) is 0 Å². The average molecular weight is 363 g/mol. The fourth-order valence-electron chi connectivity index (χ4n) is 2.95. The Bertz CT molecular complexity index is 874. The normalized spacial score (nSPS) is 10.9. The van der Waals surface area contributed by atoms with Gasteiger partial charge in [-0.1, -0.05) is 55.5 Å². The number of rotatable bonds is 8. The van der Waals surface area contributed by atoms with E-state index >= 15 is 0 Å². The molecule has 0 atom stereocenters. The third-order valence-corrected chi connectivity index (χ3v) is 4.30. The quantitative estimate of drug-likeness (QED) is 0.640. The van der Waals surface area contributed by atoms with Crippen molar-refractivity contribution in [3.05, 3.63) is 72.2 Å². The Kier molecular flexibility index (Phi) is 6.39. The van der Waals surface area contributed by atoms with Gasteiger partial charge in [-0.2, -0.15) is 0 Å². The van der Waals surface area contributed by atoms with Crippen LogP contribution in [0.3, 0.4) is 0 Å². The number of carbonyl (C=O) groups is 1. The van der Waals surface area contributed by atoms with Crippen LogP contribution in [0.25, 0.3) is 11.3 Å². The number of aromatic nitrogens is 1. The van der Waals surface area contributed by atoms with Gasteiger partial charge in [-0.25, -0.2) is 4.98 Å². The van der Waals surface area contributed by atoms with Gasteiger partial charge in [0.05, 0.1) is 19.3 Å². The summed E-state index contributed by atoms with van der Waals surface area (Å²) in [6, 6.07) is 17.7. The molecule has 140 valence electrons. The van der Waals surface area contributed by atoms with E-state index in [1.165, 1.54) is 0 Å². The molecular weight excluding hydrogens is 338 g/mol. The Balaban J connectivity index is 1.63. The largest absolute Gasteiger partial charge is 0.439 e. The van der Waals surface area contributed by atoms with Crippen molar-refractivity contribution in [2.45, 2.75) is 26.8 Å². The zero-order valence-corrected chi connectivity index (χ0v) is 15.8. The number of anilines is 1. The molecule has 0 unspecified atom stereocenters. The maximum Gasteiger partial charge on any atom is 0.238 e. The molecule has 0 aliphatic rings. The van der Waals surface area contributed by atoms with Crippen LogP contribution in [0.4, 0.5) is 5.69 Å². The first-order valence-corrected chi connectivity index (χ1v) is 9.23. The summed E-state index contributed by atoms with van der Waals surface area (Å²) in [4.78, 5) is 18.9. The molecule has 0 radical (unpaired) electrons. The van der Waals surface area contributed by atoms with E-state index < -0.39 is 0 Å². The predicted octanol–water partition coefficient (Wildman–Crippen LogP) is 4.50. The second kappa shape index (κ2) is 9.14. The van der Waals surface area contributed by atoms with Gasteiger partial charge in [0.15, 0.2) is 5.76 Å². The van der Waals surface area contributed by atoms with E-state index in [0.29, 0.717) is 19.0 Å². The van der Waals surface area contributed by atoms with Crippen molar-refractivity contribution >= 4 is 11.6 Å². The van der Waals surface area contributed by atoms with Crippen molar-refractivity contribution in [1.82, 2.24) is 9.88 Å². The van der Waals surface area contributed by atoms with E-state index in [1.807, 2.05) is 66.4 Å². The first-order chi connectivity index (χ1) is 13.2. The van der Waals surface area contributed by atoms with Gasteiger partial charge < -0.3 is 9.73 Å². The van der Waals surface area contributed by atoms with Gasteiger partial charge in [-0.05, 0) is 31.5 Å². The molecule has 3 rings (SSSR count). The van der Waals surface area contributed by atoms with Crippen LogP contribution < -0.4 is 5.32 Å². The van der Waals surface area contributed by atoms with Crippen LogP contribution in [0, 0.1) is 6.92 Å². The van der Waals surface area contributed by atoms with Gasteiger partial charge in [0, 0.05) is 11.3 Å². The molecule has 0 saturated carbocycles. The number of hydrogen-bond acceptors (Lipinski definition) is 4. The lowest BCUT2D eigenvalue weighted by molar-refractivity contribution is -0.117. The molecule has 0 bridgehead atoms. The zero-order valence-electron chi connectivity index (χ0n) is 15.8. The highest BCUT2D eigenvalue weighted by molar-refractivity contribution is 5.92. The number of amides is 1. The first kappa shape index (κ1) is 18.9. The highest BCUT2D eigenvalue weighted by atomic mass is 16.4. The lowest BCUT2D eigenvalue weighted by atomic mass is 10.2. The van der Waals surface area contributed by atoms with Gasteiger partial charge in [0.1, 0.15) is 0 Å². The van der Waals surface area contributed by atoms with Crippen LogP contribution in [0.15, 0.2) is 65.2 Å². The van der Waals surface area contributed by atoms with Gasteiger partial charge in [0.25, 0.3) is 0 Å². The monoisotopic (exact) mass is 363 g/mol. The Labute approximate surface area is 160 Å². The molecule has 0 aliphatic heterocycles. The third kappa shape index (κ3) is 5.28. The molecule has 1 aromatic heterocycles. The van der Waals surface area contributed by atoms with Crippen LogP contribution in [-0.2, 0) is 11.3 Å². The van der Waals surface area contributed by atoms with Crippen LogP contribution in [0.5, 0.6) is 0 Å². The number of para-hydroxylation sites is 1. The molecule has 1 N–H and O–H groups in total. The second-order valence-corrected chi connectivity index (χ2v) is 6.56. The topological polar surface area (TPSA) is 58.4 Å². The lowest BCUT2D eigenvalue weighted by Crippen LogP contribution is -2.33.